The standard InChI is InChI=1S/C15H23N3O/c1-11(2)17-15(19)10-18-7-3-4-13-8-12(9-16)5-6-14(13)18/h5-6,8,11H,3-4,7,9-10,16H2,1-2H3,(H,17,19). The van der Waals surface area contributed by atoms with Gasteiger partial charge >= 0.3 is 0 Å². The van der Waals surface area contributed by atoms with Crippen molar-refractivity contribution in [1.82, 2.24) is 5.32 Å². The largest absolute Gasteiger partial charge is 0.362 e. The van der Waals surface area contributed by atoms with Gasteiger partial charge in [-0.2, -0.15) is 0 Å². The summed E-state index contributed by atoms with van der Waals surface area (Å²) in [6.07, 6.45) is 2.17. The van der Waals surface area contributed by atoms with Crippen LogP contribution in [0.2, 0.25) is 0 Å². The minimum atomic E-state index is 0.0887. The first-order chi connectivity index (χ1) is 9.10. The van der Waals surface area contributed by atoms with E-state index in [9.17, 15) is 4.79 Å². The van der Waals surface area contributed by atoms with Crippen molar-refractivity contribution in [3.05, 3.63) is 29.3 Å². The monoisotopic (exact) mass is 261 g/mol. The number of carbonyl (C=O) groups is 1. The van der Waals surface area contributed by atoms with E-state index in [-0.39, 0.29) is 11.9 Å². The average Bonchev–Trinajstić information content (AvgIpc) is 2.37. The number of nitrogens with one attached hydrogen (secondary N) is 1. The lowest BCUT2D eigenvalue weighted by Gasteiger charge is -2.31. The molecule has 1 aliphatic heterocycles. The van der Waals surface area contributed by atoms with Gasteiger partial charge in [-0.25, -0.2) is 0 Å². The van der Waals surface area contributed by atoms with Crippen LogP contribution in [-0.2, 0) is 17.8 Å². The number of rotatable bonds is 4. The Kier molecular flexibility index (Phi) is 4.43. The summed E-state index contributed by atoms with van der Waals surface area (Å²) in [6, 6.07) is 6.51. The van der Waals surface area contributed by atoms with Crippen LogP contribution < -0.4 is 16.0 Å². The SMILES string of the molecule is CC(C)NC(=O)CN1CCCc2cc(CN)ccc21. The van der Waals surface area contributed by atoms with Crippen LogP contribution >= 0.6 is 0 Å². The van der Waals surface area contributed by atoms with Crippen molar-refractivity contribution >= 4 is 11.6 Å². The van der Waals surface area contributed by atoms with E-state index >= 15 is 0 Å². The fraction of sp³-hybridized carbons (Fsp3) is 0.533. The van der Waals surface area contributed by atoms with E-state index in [1.165, 1.54) is 11.3 Å². The van der Waals surface area contributed by atoms with Gasteiger partial charge in [0.05, 0.1) is 6.54 Å². The van der Waals surface area contributed by atoms with E-state index in [0.29, 0.717) is 13.1 Å². The minimum absolute atomic E-state index is 0.0887. The summed E-state index contributed by atoms with van der Waals surface area (Å²) in [5.74, 6) is 0.0887. The Labute approximate surface area is 115 Å². The predicted molar refractivity (Wildman–Crippen MR) is 78.1 cm³/mol. The lowest BCUT2D eigenvalue weighted by atomic mass is 9.99. The molecule has 0 saturated carbocycles. The highest BCUT2D eigenvalue weighted by Gasteiger charge is 2.19. The summed E-state index contributed by atoms with van der Waals surface area (Å²) in [5, 5.41) is 2.94. The van der Waals surface area contributed by atoms with Gasteiger partial charge in [-0.3, -0.25) is 4.79 Å². The Balaban J connectivity index is 2.11. The average molecular weight is 261 g/mol. The molecule has 4 heteroatoms. The highest BCUT2D eigenvalue weighted by Crippen LogP contribution is 2.27. The van der Waals surface area contributed by atoms with Gasteiger partial charge < -0.3 is 16.0 Å². The molecule has 0 fully saturated rings. The third kappa shape index (κ3) is 3.47. The number of anilines is 1. The van der Waals surface area contributed by atoms with Crippen molar-refractivity contribution in [2.75, 3.05) is 18.0 Å². The van der Waals surface area contributed by atoms with Crippen LogP contribution in [0.5, 0.6) is 0 Å². The molecule has 1 amide bonds. The fourth-order valence-corrected chi connectivity index (χ4v) is 2.56. The first-order valence-electron chi connectivity index (χ1n) is 6.96. The van der Waals surface area contributed by atoms with Crippen LogP contribution in [-0.4, -0.2) is 25.0 Å². The Bertz CT molecular complexity index is 457. The second kappa shape index (κ2) is 6.06. The molecule has 1 aliphatic rings. The Hall–Kier alpha value is -1.55. The molecule has 1 aromatic rings. The summed E-state index contributed by atoms with van der Waals surface area (Å²) in [7, 11) is 0. The van der Waals surface area contributed by atoms with Gasteiger partial charge in [0.2, 0.25) is 5.91 Å². The minimum Gasteiger partial charge on any atom is -0.362 e. The third-order valence-corrected chi connectivity index (χ3v) is 3.38. The molecule has 4 nitrogen and oxygen atoms in total. The maximum absolute atomic E-state index is 11.9. The molecule has 0 unspecified atom stereocenters. The van der Waals surface area contributed by atoms with Crippen LogP contribution in [0.3, 0.4) is 0 Å². The second-order valence-electron chi connectivity index (χ2n) is 5.41. The molecule has 0 bridgehead atoms. The van der Waals surface area contributed by atoms with E-state index in [1.807, 2.05) is 13.8 Å². The molecule has 0 aliphatic carbocycles. The molecule has 104 valence electrons. The van der Waals surface area contributed by atoms with E-state index in [0.717, 1.165) is 24.9 Å². The molecule has 1 heterocycles. The van der Waals surface area contributed by atoms with Crippen molar-refractivity contribution in [2.45, 2.75) is 39.3 Å². The second-order valence-corrected chi connectivity index (χ2v) is 5.41. The zero-order chi connectivity index (χ0) is 13.8. The van der Waals surface area contributed by atoms with Gasteiger partial charge in [0.1, 0.15) is 0 Å². The summed E-state index contributed by atoms with van der Waals surface area (Å²) >= 11 is 0. The van der Waals surface area contributed by atoms with Gasteiger partial charge in [-0.15, -0.1) is 0 Å². The van der Waals surface area contributed by atoms with Crippen molar-refractivity contribution in [3.63, 3.8) is 0 Å². The quantitative estimate of drug-likeness (QED) is 0.862. The summed E-state index contributed by atoms with van der Waals surface area (Å²) in [6.45, 7) is 5.92. The first kappa shape index (κ1) is 13.9. The smallest absolute Gasteiger partial charge is 0.239 e. The maximum Gasteiger partial charge on any atom is 0.239 e. The highest BCUT2D eigenvalue weighted by molar-refractivity contribution is 5.82. The van der Waals surface area contributed by atoms with Gasteiger partial charge in [0.25, 0.3) is 0 Å². The van der Waals surface area contributed by atoms with Crippen molar-refractivity contribution in [1.29, 1.82) is 0 Å². The molecule has 0 spiro atoms. The molecule has 0 radical (unpaired) electrons. The first-order valence-corrected chi connectivity index (χ1v) is 6.96. The number of nitrogens with two attached hydrogens (primary N) is 1. The number of benzene rings is 1. The van der Waals surface area contributed by atoms with Gasteiger partial charge in [-0.1, -0.05) is 12.1 Å². The third-order valence-electron chi connectivity index (χ3n) is 3.38. The summed E-state index contributed by atoms with van der Waals surface area (Å²) < 4.78 is 0. The van der Waals surface area contributed by atoms with E-state index in [2.05, 4.69) is 28.4 Å². The Morgan fingerprint density at radius 1 is 1.47 bits per heavy atom. The molecule has 19 heavy (non-hydrogen) atoms. The Morgan fingerprint density at radius 2 is 2.26 bits per heavy atom. The van der Waals surface area contributed by atoms with Gasteiger partial charge in [0.15, 0.2) is 0 Å². The zero-order valence-corrected chi connectivity index (χ0v) is 11.8. The van der Waals surface area contributed by atoms with E-state index in [1.54, 1.807) is 0 Å². The van der Waals surface area contributed by atoms with Crippen LogP contribution in [0.4, 0.5) is 5.69 Å². The predicted octanol–water partition coefficient (Wildman–Crippen LogP) is 1.42. The fourth-order valence-electron chi connectivity index (χ4n) is 2.56. The van der Waals surface area contributed by atoms with Crippen molar-refractivity contribution < 1.29 is 4.79 Å². The normalized spacial score (nSPS) is 14.4. The number of hydrogen-bond acceptors (Lipinski definition) is 3. The summed E-state index contributed by atoms with van der Waals surface area (Å²) in [4.78, 5) is 14.0. The zero-order valence-electron chi connectivity index (χ0n) is 11.8. The molecular weight excluding hydrogens is 238 g/mol. The summed E-state index contributed by atoms with van der Waals surface area (Å²) in [5.41, 5.74) is 9.33. The molecule has 0 aromatic heterocycles. The number of carbonyl (C=O) groups excluding carboxylic acids is 1. The molecule has 2 rings (SSSR count). The van der Waals surface area contributed by atoms with Gasteiger partial charge in [0, 0.05) is 24.8 Å². The number of fused-ring (bicyclic) bond motifs is 1. The van der Waals surface area contributed by atoms with E-state index in [4.69, 9.17) is 5.73 Å². The van der Waals surface area contributed by atoms with Crippen molar-refractivity contribution in [2.24, 2.45) is 5.73 Å². The molecule has 3 N–H and O–H groups in total. The number of amides is 1. The van der Waals surface area contributed by atoms with Crippen LogP contribution in [0.1, 0.15) is 31.4 Å². The molecule has 0 saturated heterocycles. The molecular formula is C15H23N3O. The molecule has 1 aromatic carbocycles. The van der Waals surface area contributed by atoms with Crippen LogP contribution in [0.25, 0.3) is 0 Å². The van der Waals surface area contributed by atoms with Crippen LogP contribution in [0.15, 0.2) is 18.2 Å². The number of aryl methyl sites for hydroxylation is 1. The highest BCUT2D eigenvalue weighted by atomic mass is 16.2. The Morgan fingerprint density at radius 3 is 2.95 bits per heavy atom. The lowest BCUT2D eigenvalue weighted by molar-refractivity contribution is -0.120. The number of nitrogens with zero attached hydrogens (tertiary/aromatic N) is 1. The van der Waals surface area contributed by atoms with Crippen molar-refractivity contribution in [3.8, 4) is 0 Å². The van der Waals surface area contributed by atoms with Crippen LogP contribution in [0, 0.1) is 0 Å². The van der Waals surface area contributed by atoms with E-state index < -0.39 is 0 Å². The lowest BCUT2D eigenvalue weighted by Crippen LogP contribution is -2.42. The van der Waals surface area contributed by atoms with Gasteiger partial charge in [-0.05, 0) is 43.9 Å². The topological polar surface area (TPSA) is 58.4 Å². The number of hydrogen-bond donors (Lipinski definition) is 2. The molecule has 0 atom stereocenters. The maximum atomic E-state index is 11.9.